The van der Waals surface area contributed by atoms with Gasteiger partial charge in [0.25, 0.3) is 0 Å². The standard InChI is InChI=1S/C23H24BrNO4/c1-14(9-23(26)25-15(2)12-27-3)18-10-19-20(16-5-7-17(24)8-6-16)13-29-22(19)11-21(18)28-4/h5-11,13,15H,12H2,1-4H3,(H,25,26)/b14-9+. The van der Waals surface area contributed by atoms with Crippen LogP contribution < -0.4 is 10.1 Å². The van der Waals surface area contributed by atoms with E-state index in [0.29, 0.717) is 12.4 Å². The van der Waals surface area contributed by atoms with Crippen molar-refractivity contribution in [3.8, 4) is 16.9 Å². The number of fused-ring (bicyclic) bond motifs is 1. The molecule has 1 N–H and O–H groups in total. The molecule has 152 valence electrons. The summed E-state index contributed by atoms with van der Waals surface area (Å²) in [7, 11) is 3.22. The molecule has 1 amide bonds. The van der Waals surface area contributed by atoms with Crippen LogP contribution in [0.25, 0.3) is 27.7 Å². The first kappa shape index (κ1) is 21.1. The quantitative estimate of drug-likeness (QED) is 0.480. The van der Waals surface area contributed by atoms with Crippen molar-refractivity contribution in [2.24, 2.45) is 0 Å². The van der Waals surface area contributed by atoms with E-state index in [2.05, 4.69) is 21.2 Å². The lowest BCUT2D eigenvalue weighted by atomic mass is 9.99. The van der Waals surface area contributed by atoms with Crippen LogP contribution in [0.15, 0.2) is 57.6 Å². The average Bonchev–Trinajstić information content (AvgIpc) is 3.10. The van der Waals surface area contributed by atoms with Gasteiger partial charge in [-0.15, -0.1) is 0 Å². The van der Waals surface area contributed by atoms with Crippen LogP contribution in [0.2, 0.25) is 0 Å². The molecule has 1 heterocycles. The Hall–Kier alpha value is -2.57. The van der Waals surface area contributed by atoms with Crippen molar-refractivity contribution in [2.45, 2.75) is 19.9 Å². The van der Waals surface area contributed by atoms with E-state index in [9.17, 15) is 4.79 Å². The van der Waals surface area contributed by atoms with Gasteiger partial charge in [-0.3, -0.25) is 4.79 Å². The maximum atomic E-state index is 12.3. The summed E-state index contributed by atoms with van der Waals surface area (Å²) in [5, 5.41) is 3.85. The van der Waals surface area contributed by atoms with E-state index in [1.165, 1.54) is 0 Å². The Morgan fingerprint density at radius 1 is 1.24 bits per heavy atom. The number of allylic oxidation sites excluding steroid dienone is 1. The first-order chi connectivity index (χ1) is 13.9. The summed E-state index contributed by atoms with van der Waals surface area (Å²) in [4.78, 5) is 12.3. The molecule has 0 aliphatic heterocycles. The van der Waals surface area contributed by atoms with Gasteiger partial charge in [0.15, 0.2) is 0 Å². The molecule has 3 rings (SSSR count). The highest BCUT2D eigenvalue weighted by Gasteiger charge is 2.15. The fourth-order valence-electron chi connectivity index (χ4n) is 3.24. The predicted octanol–water partition coefficient (Wildman–Crippen LogP) is 5.43. The number of nitrogens with one attached hydrogen (secondary N) is 1. The Morgan fingerprint density at radius 3 is 2.62 bits per heavy atom. The van der Waals surface area contributed by atoms with Crippen LogP contribution in [-0.2, 0) is 9.53 Å². The smallest absolute Gasteiger partial charge is 0.244 e. The van der Waals surface area contributed by atoms with Crippen molar-refractivity contribution in [3.63, 3.8) is 0 Å². The van der Waals surface area contributed by atoms with Gasteiger partial charge in [-0.2, -0.15) is 0 Å². The van der Waals surface area contributed by atoms with Gasteiger partial charge in [0.1, 0.15) is 11.3 Å². The molecule has 0 aliphatic rings. The summed E-state index contributed by atoms with van der Waals surface area (Å²) in [5.74, 6) is 0.482. The number of furan rings is 1. The molecule has 0 aliphatic carbocycles. The number of amides is 1. The zero-order valence-electron chi connectivity index (χ0n) is 16.9. The molecule has 0 saturated heterocycles. The summed E-state index contributed by atoms with van der Waals surface area (Å²) in [5.41, 5.74) is 4.41. The summed E-state index contributed by atoms with van der Waals surface area (Å²) in [6, 6.07) is 11.9. The number of carbonyl (C=O) groups excluding carboxylic acids is 1. The van der Waals surface area contributed by atoms with Gasteiger partial charge >= 0.3 is 0 Å². The SMILES string of the molecule is COCC(C)NC(=O)/C=C(\C)c1cc2c(-c3ccc(Br)cc3)coc2cc1OC. The highest BCUT2D eigenvalue weighted by molar-refractivity contribution is 9.10. The van der Waals surface area contributed by atoms with E-state index in [4.69, 9.17) is 13.9 Å². The molecule has 0 bridgehead atoms. The lowest BCUT2D eigenvalue weighted by Gasteiger charge is -2.13. The number of methoxy groups -OCH3 is 2. The summed E-state index contributed by atoms with van der Waals surface area (Å²) in [6.45, 7) is 4.25. The molecule has 0 fully saturated rings. The number of hydrogen-bond acceptors (Lipinski definition) is 4. The maximum absolute atomic E-state index is 12.3. The first-order valence-corrected chi connectivity index (χ1v) is 10.1. The van der Waals surface area contributed by atoms with Crippen LogP contribution in [0.4, 0.5) is 0 Å². The normalized spacial score (nSPS) is 12.8. The molecule has 1 aromatic heterocycles. The highest BCUT2D eigenvalue weighted by Crippen LogP contribution is 2.37. The third-order valence-corrected chi connectivity index (χ3v) is 5.16. The van der Waals surface area contributed by atoms with Crippen molar-refractivity contribution in [3.05, 3.63) is 58.8 Å². The average molecular weight is 458 g/mol. The van der Waals surface area contributed by atoms with Gasteiger partial charge in [0, 0.05) is 46.3 Å². The molecule has 5 nitrogen and oxygen atoms in total. The number of carbonyl (C=O) groups is 1. The van der Waals surface area contributed by atoms with E-state index in [1.807, 2.05) is 50.2 Å². The van der Waals surface area contributed by atoms with Crippen LogP contribution >= 0.6 is 15.9 Å². The van der Waals surface area contributed by atoms with Gasteiger partial charge in [-0.05, 0) is 43.2 Å². The Bertz CT molecular complexity index is 1040. The van der Waals surface area contributed by atoms with E-state index in [-0.39, 0.29) is 11.9 Å². The third kappa shape index (κ3) is 4.89. The largest absolute Gasteiger partial charge is 0.496 e. The van der Waals surface area contributed by atoms with E-state index in [0.717, 1.165) is 37.7 Å². The van der Waals surface area contributed by atoms with Gasteiger partial charge in [-0.25, -0.2) is 0 Å². The lowest BCUT2D eigenvalue weighted by molar-refractivity contribution is -0.117. The van der Waals surface area contributed by atoms with E-state index < -0.39 is 0 Å². The molecule has 29 heavy (non-hydrogen) atoms. The van der Waals surface area contributed by atoms with Crippen LogP contribution in [0, 0.1) is 0 Å². The number of rotatable bonds is 7. The molecule has 2 aromatic carbocycles. The lowest BCUT2D eigenvalue weighted by Crippen LogP contribution is -2.34. The Balaban J connectivity index is 2.00. The monoisotopic (exact) mass is 457 g/mol. The van der Waals surface area contributed by atoms with Crippen molar-refractivity contribution < 1.29 is 18.7 Å². The minimum absolute atomic E-state index is 0.0705. The number of halogens is 1. The Labute approximate surface area is 178 Å². The van der Waals surface area contributed by atoms with E-state index >= 15 is 0 Å². The van der Waals surface area contributed by atoms with Gasteiger partial charge in [-0.1, -0.05) is 28.1 Å². The molecule has 3 aromatic rings. The molecular formula is C23H24BrNO4. The molecule has 0 spiro atoms. The van der Waals surface area contributed by atoms with Crippen molar-refractivity contribution in [2.75, 3.05) is 20.8 Å². The summed E-state index contributed by atoms with van der Waals surface area (Å²) >= 11 is 3.46. The number of benzene rings is 2. The van der Waals surface area contributed by atoms with Crippen molar-refractivity contribution >= 4 is 38.4 Å². The summed E-state index contributed by atoms with van der Waals surface area (Å²) < 4.78 is 17.4. The van der Waals surface area contributed by atoms with Crippen molar-refractivity contribution in [1.82, 2.24) is 5.32 Å². The second kappa shape index (κ2) is 9.29. The van der Waals surface area contributed by atoms with Crippen molar-refractivity contribution in [1.29, 1.82) is 0 Å². The summed E-state index contributed by atoms with van der Waals surface area (Å²) in [6.07, 6.45) is 3.32. The highest BCUT2D eigenvalue weighted by atomic mass is 79.9. The second-order valence-electron chi connectivity index (χ2n) is 6.90. The van der Waals surface area contributed by atoms with Crippen LogP contribution in [0.3, 0.4) is 0 Å². The topological polar surface area (TPSA) is 60.7 Å². The third-order valence-electron chi connectivity index (χ3n) is 4.63. The Morgan fingerprint density at radius 2 is 1.97 bits per heavy atom. The van der Waals surface area contributed by atoms with Crippen LogP contribution in [0.1, 0.15) is 19.4 Å². The predicted molar refractivity (Wildman–Crippen MR) is 119 cm³/mol. The fraction of sp³-hybridized carbons (Fsp3) is 0.261. The van der Waals surface area contributed by atoms with Gasteiger partial charge in [0.2, 0.25) is 5.91 Å². The minimum Gasteiger partial charge on any atom is -0.496 e. The fourth-order valence-corrected chi connectivity index (χ4v) is 3.50. The molecule has 6 heteroatoms. The van der Waals surface area contributed by atoms with Gasteiger partial charge < -0.3 is 19.2 Å². The Kier molecular flexibility index (Phi) is 6.77. The molecule has 0 saturated carbocycles. The molecule has 0 radical (unpaired) electrons. The first-order valence-electron chi connectivity index (χ1n) is 9.26. The zero-order chi connectivity index (χ0) is 21.0. The zero-order valence-corrected chi connectivity index (χ0v) is 18.5. The molecule has 1 atom stereocenters. The molecule has 1 unspecified atom stereocenters. The van der Waals surface area contributed by atoms with Crippen LogP contribution in [-0.4, -0.2) is 32.8 Å². The second-order valence-corrected chi connectivity index (χ2v) is 7.81. The number of ether oxygens (including phenoxy) is 2. The minimum atomic E-state index is -0.172. The molecular weight excluding hydrogens is 434 g/mol. The van der Waals surface area contributed by atoms with E-state index in [1.54, 1.807) is 26.6 Å². The van der Waals surface area contributed by atoms with Crippen LogP contribution in [0.5, 0.6) is 5.75 Å². The maximum Gasteiger partial charge on any atom is 0.244 e. The number of hydrogen-bond donors (Lipinski definition) is 1. The van der Waals surface area contributed by atoms with Gasteiger partial charge in [0.05, 0.1) is 20.0 Å².